The van der Waals surface area contributed by atoms with Crippen LogP contribution in [0.4, 0.5) is 0 Å². The van der Waals surface area contributed by atoms with Crippen LogP contribution in [0.25, 0.3) is 0 Å². The zero-order valence-corrected chi connectivity index (χ0v) is 14.8. The van der Waals surface area contributed by atoms with E-state index in [9.17, 15) is 24.0 Å². The molecule has 1 aliphatic heterocycles. The Morgan fingerprint density at radius 1 is 0.885 bits per heavy atom. The molecule has 0 bridgehead atoms. The van der Waals surface area contributed by atoms with Crippen molar-refractivity contribution in [3.63, 3.8) is 0 Å². The van der Waals surface area contributed by atoms with Gasteiger partial charge in [-0.2, -0.15) is 0 Å². The molecule has 1 amide bonds. The van der Waals surface area contributed by atoms with Crippen molar-refractivity contribution in [3.8, 4) is 0 Å². The minimum Gasteiger partial charge on any atom is -0.463 e. The van der Waals surface area contributed by atoms with Gasteiger partial charge < -0.3 is 29.0 Å². The van der Waals surface area contributed by atoms with E-state index in [2.05, 4.69) is 5.32 Å². The van der Waals surface area contributed by atoms with Gasteiger partial charge in [0.1, 0.15) is 18.8 Å². The fourth-order valence-corrected chi connectivity index (χ4v) is 2.42. The number of rotatable bonds is 7. The number of nitrogens with one attached hydrogen (secondary N) is 1. The summed E-state index contributed by atoms with van der Waals surface area (Å²) < 4.78 is 25.7. The topological polar surface area (TPSA) is 144 Å². The van der Waals surface area contributed by atoms with Gasteiger partial charge in [0.05, 0.1) is 0 Å². The molecular formula is C15H21NO10. The van der Waals surface area contributed by atoms with E-state index in [0.717, 1.165) is 27.7 Å². The van der Waals surface area contributed by atoms with Crippen molar-refractivity contribution in [2.75, 3.05) is 6.61 Å². The molecule has 146 valence electrons. The molecule has 1 unspecified atom stereocenters. The Kier molecular flexibility index (Phi) is 7.97. The molecule has 26 heavy (non-hydrogen) atoms. The van der Waals surface area contributed by atoms with Gasteiger partial charge in [-0.05, 0) is 0 Å². The summed E-state index contributed by atoms with van der Waals surface area (Å²) >= 11 is 0. The van der Waals surface area contributed by atoms with Crippen molar-refractivity contribution in [1.82, 2.24) is 5.32 Å². The Morgan fingerprint density at radius 2 is 1.42 bits per heavy atom. The number of amides is 1. The molecule has 0 spiro atoms. The summed E-state index contributed by atoms with van der Waals surface area (Å²) in [6.45, 7) is 4.14. The second-order valence-corrected chi connectivity index (χ2v) is 5.41. The van der Waals surface area contributed by atoms with Crippen molar-refractivity contribution in [1.29, 1.82) is 0 Å². The molecule has 11 nitrogen and oxygen atoms in total. The van der Waals surface area contributed by atoms with E-state index in [1.165, 1.54) is 0 Å². The predicted molar refractivity (Wildman–Crippen MR) is 81.2 cm³/mol. The summed E-state index contributed by atoms with van der Waals surface area (Å²) in [6, 6.07) is -1.15. The van der Waals surface area contributed by atoms with Gasteiger partial charge in [-0.25, -0.2) is 0 Å². The molecular weight excluding hydrogens is 354 g/mol. The molecule has 1 rings (SSSR count). The third-order valence-electron chi connectivity index (χ3n) is 3.24. The highest BCUT2D eigenvalue weighted by atomic mass is 16.7. The van der Waals surface area contributed by atoms with Gasteiger partial charge in [-0.3, -0.25) is 24.0 Å². The van der Waals surface area contributed by atoms with Gasteiger partial charge in [0.15, 0.2) is 12.2 Å². The SMILES string of the molecule is CC(=O)OC[C@H]1OC(OC(C)=O)[C@@H](NC=O)[C@@H](OC(C)=O)[C@@H]1OC(C)=O. The first-order valence-electron chi connectivity index (χ1n) is 7.65. The Balaban J connectivity index is 3.23. The fourth-order valence-electron chi connectivity index (χ4n) is 2.42. The maximum absolute atomic E-state index is 11.5. The number of hydrogen-bond donors (Lipinski definition) is 1. The molecule has 1 fully saturated rings. The molecule has 1 N–H and O–H groups in total. The van der Waals surface area contributed by atoms with Crippen LogP contribution < -0.4 is 5.32 Å². The van der Waals surface area contributed by atoms with Crippen LogP contribution in [0.1, 0.15) is 27.7 Å². The average Bonchev–Trinajstić information content (AvgIpc) is 2.49. The Bertz CT molecular complexity index is 563. The monoisotopic (exact) mass is 375 g/mol. The van der Waals surface area contributed by atoms with Gasteiger partial charge in [0.2, 0.25) is 12.7 Å². The Morgan fingerprint density at radius 3 is 1.88 bits per heavy atom. The molecule has 1 aliphatic rings. The quantitative estimate of drug-likeness (QED) is 0.328. The van der Waals surface area contributed by atoms with Crippen LogP contribution in [-0.4, -0.2) is 67.5 Å². The Hall–Kier alpha value is -2.69. The van der Waals surface area contributed by atoms with Crippen molar-refractivity contribution in [2.24, 2.45) is 0 Å². The molecule has 1 heterocycles. The highest BCUT2D eigenvalue weighted by Crippen LogP contribution is 2.27. The minimum absolute atomic E-state index is 0.290. The highest BCUT2D eigenvalue weighted by Gasteiger charge is 2.51. The van der Waals surface area contributed by atoms with E-state index < -0.39 is 54.5 Å². The van der Waals surface area contributed by atoms with E-state index in [-0.39, 0.29) is 13.0 Å². The fraction of sp³-hybridized carbons (Fsp3) is 0.667. The second-order valence-electron chi connectivity index (χ2n) is 5.41. The zero-order valence-electron chi connectivity index (χ0n) is 14.8. The van der Waals surface area contributed by atoms with Crippen LogP contribution in [-0.2, 0) is 47.7 Å². The third-order valence-corrected chi connectivity index (χ3v) is 3.24. The van der Waals surface area contributed by atoms with E-state index >= 15 is 0 Å². The summed E-state index contributed by atoms with van der Waals surface area (Å²) in [4.78, 5) is 56.3. The van der Waals surface area contributed by atoms with Crippen molar-refractivity contribution < 1.29 is 47.7 Å². The van der Waals surface area contributed by atoms with Crippen LogP contribution in [0, 0.1) is 0 Å². The Labute approximate surface area is 149 Å². The maximum atomic E-state index is 11.5. The lowest BCUT2D eigenvalue weighted by Gasteiger charge is -2.44. The molecule has 0 aromatic rings. The molecule has 0 radical (unpaired) electrons. The first-order valence-corrected chi connectivity index (χ1v) is 7.65. The van der Waals surface area contributed by atoms with Crippen molar-refractivity contribution >= 4 is 30.3 Å². The first kappa shape index (κ1) is 21.4. The van der Waals surface area contributed by atoms with Crippen LogP contribution >= 0.6 is 0 Å². The molecule has 0 aromatic heterocycles. The summed E-state index contributed by atoms with van der Waals surface area (Å²) in [6.07, 6.45) is -4.66. The summed E-state index contributed by atoms with van der Waals surface area (Å²) in [5.74, 6) is -2.82. The standard InChI is InChI=1S/C15H21NO10/c1-7(18)22-5-11-13(23-8(2)19)14(24-9(3)20)12(16-6-17)15(26-11)25-10(4)21/h6,11-15H,5H2,1-4H3,(H,16,17)/t11-,12+,13-,14-,15?/m1/s1. The summed E-state index contributed by atoms with van der Waals surface area (Å²) in [5, 5.41) is 2.32. The lowest BCUT2D eigenvalue weighted by atomic mass is 9.96. The second kappa shape index (κ2) is 9.70. The molecule has 1 saturated heterocycles. The number of ether oxygens (including phenoxy) is 5. The minimum atomic E-state index is -1.37. The number of esters is 4. The summed E-state index contributed by atoms with van der Waals surface area (Å²) in [7, 11) is 0. The van der Waals surface area contributed by atoms with Crippen LogP contribution in [0.3, 0.4) is 0 Å². The van der Waals surface area contributed by atoms with Crippen molar-refractivity contribution in [3.05, 3.63) is 0 Å². The van der Waals surface area contributed by atoms with E-state index in [4.69, 9.17) is 23.7 Å². The lowest BCUT2D eigenvalue weighted by molar-refractivity contribution is -0.270. The number of carbonyl (C=O) groups is 5. The normalized spacial score (nSPS) is 27.6. The molecule has 11 heteroatoms. The zero-order chi connectivity index (χ0) is 19.9. The molecule has 0 aliphatic carbocycles. The smallest absolute Gasteiger partial charge is 0.305 e. The maximum Gasteiger partial charge on any atom is 0.305 e. The molecule has 5 atom stereocenters. The summed E-state index contributed by atoms with van der Waals surface area (Å²) in [5.41, 5.74) is 0. The number of carbonyl (C=O) groups excluding carboxylic acids is 5. The predicted octanol–water partition coefficient (Wildman–Crippen LogP) is -1.18. The largest absolute Gasteiger partial charge is 0.463 e. The van der Waals surface area contributed by atoms with Gasteiger partial charge in [0, 0.05) is 27.7 Å². The first-order chi connectivity index (χ1) is 12.1. The average molecular weight is 375 g/mol. The molecule has 0 saturated carbocycles. The van der Waals surface area contributed by atoms with Crippen LogP contribution in [0.2, 0.25) is 0 Å². The lowest BCUT2D eigenvalue weighted by Crippen LogP contribution is -2.66. The van der Waals surface area contributed by atoms with Gasteiger partial charge in [-0.15, -0.1) is 0 Å². The van der Waals surface area contributed by atoms with E-state index in [1.807, 2.05) is 0 Å². The van der Waals surface area contributed by atoms with Crippen LogP contribution in [0.15, 0.2) is 0 Å². The number of hydrogen-bond acceptors (Lipinski definition) is 10. The molecule has 0 aromatic carbocycles. The van der Waals surface area contributed by atoms with Gasteiger partial charge in [0.25, 0.3) is 0 Å². The van der Waals surface area contributed by atoms with Crippen LogP contribution in [0.5, 0.6) is 0 Å². The van der Waals surface area contributed by atoms with Crippen molar-refractivity contribution in [2.45, 2.75) is 58.3 Å². The van der Waals surface area contributed by atoms with E-state index in [1.54, 1.807) is 0 Å². The van der Waals surface area contributed by atoms with E-state index in [0.29, 0.717) is 0 Å². The van der Waals surface area contributed by atoms with Gasteiger partial charge in [-0.1, -0.05) is 0 Å². The van der Waals surface area contributed by atoms with Gasteiger partial charge >= 0.3 is 23.9 Å². The highest BCUT2D eigenvalue weighted by molar-refractivity contribution is 5.68. The third kappa shape index (κ3) is 6.31.